The number of nitrogens with one attached hydrogen (secondary N) is 1. The van der Waals surface area contributed by atoms with Crippen LogP contribution < -0.4 is 14.8 Å². The second-order valence-electron chi connectivity index (χ2n) is 7.47. The minimum absolute atomic E-state index is 0.0677. The van der Waals surface area contributed by atoms with Gasteiger partial charge in [0.25, 0.3) is 0 Å². The van der Waals surface area contributed by atoms with Crippen LogP contribution in [0.5, 0.6) is 11.5 Å². The zero-order valence-electron chi connectivity index (χ0n) is 16.3. The smallest absolute Gasteiger partial charge is 0.234 e. The Hall–Kier alpha value is -2.73. The van der Waals surface area contributed by atoms with Gasteiger partial charge in [-0.25, -0.2) is 4.98 Å². The van der Waals surface area contributed by atoms with Gasteiger partial charge in [-0.05, 0) is 73.2 Å². The van der Waals surface area contributed by atoms with Gasteiger partial charge in [-0.2, -0.15) is 0 Å². The number of hydrogen-bond acceptors (Lipinski definition) is 5. The van der Waals surface area contributed by atoms with Crippen molar-refractivity contribution in [2.24, 2.45) is 0 Å². The van der Waals surface area contributed by atoms with E-state index in [0.29, 0.717) is 36.2 Å². The average Bonchev–Trinajstić information content (AvgIpc) is 3.18. The van der Waals surface area contributed by atoms with Gasteiger partial charge in [-0.3, -0.25) is 4.79 Å². The maximum absolute atomic E-state index is 12.5. The molecule has 1 aliphatic carbocycles. The molecule has 0 saturated heterocycles. The van der Waals surface area contributed by atoms with Crippen molar-refractivity contribution in [2.45, 2.75) is 31.2 Å². The average molecular weight is 407 g/mol. The predicted octanol–water partition coefficient (Wildman–Crippen LogP) is 4.53. The lowest BCUT2D eigenvalue weighted by molar-refractivity contribution is -0.113. The van der Waals surface area contributed by atoms with Crippen molar-refractivity contribution in [3.05, 3.63) is 53.1 Å². The van der Waals surface area contributed by atoms with Crippen molar-refractivity contribution in [3.8, 4) is 11.5 Å². The third kappa shape index (κ3) is 3.77. The van der Waals surface area contributed by atoms with Gasteiger partial charge >= 0.3 is 0 Å². The fourth-order valence-electron chi connectivity index (χ4n) is 3.93. The van der Waals surface area contributed by atoms with Gasteiger partial charge in [0.05, 0.1) is 11.3 Å². The van der Waals surface area contributed by atoms with E-state index < -0.39 is 0 Å². The lowest BCUT2D eigenvalue weighted by Crippen LogP contribution is -2.17. The number of amides is 1. The number of aromatic nitrogens is 1. The first kappa shape index (κ1) is 18.3. The molecular formula is C23H22N2O3S. The first-order valence-electron chi connectivity index (χ1n) is 9.91. The van der Waals surface area contributed by atoms with Crippen molar-refractivity contribution in [3.63, 3.8) is 0 Å². The molecule has 0 atom stereocenters. The Morgan fingerprint density at radius 2 is 1.86 bits per heavy atom. The van der Waals surface area contributed by atoms with E-state index in [1.807, 2.05) is 12.1 Å². The Labute approximate surface area is 173 Å². The van der Waals surface area contributed by atoms with E-state index >= 15 is 0 Å². The SMILES string of the molecule is Cc1cc2cc3c(cc2nc1SCC(=O)Nc1ccc2c(c1)OCCO2)CCC3. The number of aryl methyl sites for hydroxylation is 3. The van der Waals surface area contributed by atoms with Crippen LogP contribution in [0.3, 0.4) is 0 Å². The van der Waals surface area contributed by atoms with Gasteiger partial charge in [0.15, 0.2) is 11.5 Å². The molecule has 0 bridgehead atoms. The summed E-state index contributed by atoms with van der Waals surface area (Å²) >= 11 is 1.47. The third-order valence-electron chi connectivity index (χ3n) is 5.34. The molecule has 0 fully saturated rings. The van der Waals surface area contributed by atoms with Crippen molar-refractivity contribution in [2.75, 3.05) is 24.3 Å². The number of carbonyl (C=O) groups is 1. The number of ether oxygens (including phenoxy) is 2. The van der Waals surface area contributed by atoms with Crippen LogP contribution in [0.15, 0.2) is 41.4 Å². The van der Waals surface area contributed by atoms with Crippen LogP contribution in [0.2, 0.25) is 0 Å². The van der Waals surface area contributed by atoms with Gasteiger partial charge < -0.3 is 14.8 Å². The van der Waals surface area contributed by atoms with E-state index in [2.05, 4.69) is 30.4 Å². The van der Waals surface area contributed by atoms with Crippen molar-refractivity contribution in [1.29, 1.82) is 0 Å². The Balaban J connectivity index is 1.28. The highest BCUT2D eigenvalue weighted by Gasteiger charge is 2.15. The number of fused-ring (bicyclic) bond motifs is 3. The molecule has 148 valence electrons. The highest BCUT2D eigenvalue weighted by atomic mass is 32.2. The van der Waals surface area contributed by atoms with Gasteiger partial charge in [-0.15, -0.1) is 0 Å². The molecule has 2 aliphatic rings. The fraction of sp³-hybridized carbons (Fsp3) is 0.304. The molecule has 1 aromatic heterocycles. The van der Waals surface area contributed by atoms with Gasteiger partial charge in [0, 0.05) is 17.1 Å². The second kappa shape index (κ2) is 7.59. The summed E-state index contributed by atoms with van der Waals surface area (Å²) in [6, 6.07) is 12.1. The number of nitrogens with zero attached hydrogens (tertiary/aromatic N) is 1. The topological polar surface area (TPSA) is 60.5 Å². The van der Waals surface area contributed by atoms with E-state index in [1.54, 1.807) is 6.07 Å². The molecule has 2 heterocycles. The molecule has 29 heavy (non-hydrogen) atoms. The number of carbonyl (C=O) groups excluding carboxylic acids is 1. The minimum atomic E-state index is -0.0677. The van der Waals surface area contributed by atoms with Crippen LogP contribution in [0.1, 0.15) is 23.1 Å². The van der Waals surface area contributed by atoms with Crippen molar-refractivity contribution < 1.29 is 14.3 Å². The highest BCUT2D eigenvalue weighted by Crippen LogP contribution is 2.33. The van der Waals surface area contributed by atoms with Crippen LogP contribution in [0.4, 0.5) is 5.69 Å². The molecule has 1 amide bonds. The maximum Gasteiger partial charge on any atom is 0.234 e. The molecule has 2 aromatic carbocycles. The van der Waals surface area contributed by atoms with E-state index in [1.165, 1.54) is 41.1 Å². The second-order valence-corrected chi connectivity index (χ2v) is 8.44. The molecule has 5 nitrogen and oxygen atoms in total. The molecule has 5 rings (SSSR count). The number of rotatable bonds is 4. The van der Waals surface area contributed by atoms with Gasteiger partial charge in [0.1, 0.15) is 18.2 Å². The summed E-state index contributed by atoms with van der Waals surface area (Å²) in [4.78, 5) is 17.3. The summed E-state index contributed by atoms with van der Waals surface area (Å²) < 4.78 is 11.1. The van der Waals surface area contributed by atoms with Crippen LogP contribution in [0, 0.1) is 6.92 Å². The molecule has 0 unspecified atom stereocenters. The number of hydrogen-bond donors (Lipinski definition) is 1. The van der Waals surface area contributed by atoms with Crippen LogP contribution in [-0.2, 0) is 17.6 Å². The number of thioether (sulfide) groups is 1. The summed E-state index contributed by atoms with van der Waals surface area (Å²) in [6.07, 6.45) is 3.54. The summed E-state index contributed by atoms with van der Waals surface area (Å²) in [6.45, 7) is 3.13. The summed E-state index contributed by atoms with van der Waals surface area (Å²) in [5.74, 6) is 1.62. The standard InChI is InChI=1S/C23H22N2O3S/c1-14-9-17-10-15-3-2-4-16(15)11-19(17)25-23(14)29-13-22(26)24-18-5-6-20-21(12-18)28-8-7-27-20/h5-6,9-12H,2-4,7-8,13H2,1H3,(H,24,26). The van der Waals surface area contributed by atoms with E-state index in [9.17, 15) is 4.79 Å². The lowest BCUT2D eigenvalue weighted by Gasteiger charge is -2.19. The van der Waals surface area contributed by atoms with Crippen LogP contribution in [-0.4, -0.2) is 29.9 Å². The summed E-state index contributed by atoms with van der Waals surface area (Å²) in [5.41, 5.74) is 5.70. The zero-order chi connectivity index (χ0) is 19.8. The quantitative estimate of drug-likeness (QED) is 0.645. The highest BCUT2D eigenvalue weighted by molar-refractivity contribution is 8.00. The minimum Gasteiger partial charge on any atom is -0.486 e. The maximum atomic E-state index is 12.5. The van der Waals surface area contributed by atoms with Crippen LogP contribution >= 0.6 is 11.8 Å². The monoisotopic (exact) mass is 406 g/mol. The van der Waals surface area contributed by atoms with E-state index in [4.69, 9.17) is 14.5 Å². The van der Waals surface area contributed by atoms with Crippen molar-refractivity contribution in [1.82, 2.24) is 4.98 Å². The molecule has 6 heteroatoms. The molecule has 3 aromatic rings. The Morgan fingerprint density at radius 3 is 2.72 bits per heavy atom. The van der Waals surface area contributed by atoms with Crippen molar-refractivity contribution >= 4 is 34.3 Å². The molecule has 0 spiro atoms. The molecule has 0 saturated carbocycles. The first-order chi connectivity index (χ1) is 14.2. The number of anilines is 1. The van der Waals surface area contributed by atoms with Crippen LogP contribution in [0.25, 0.3) is 10.9 Å². The summed E-state index contributed by atoms with van der Waals surface area (Å²) in [7, 11) is 0. The third-order valence-corrected chi connectivity index (χ3v) is 6.43. The largest absolute Gasteiger partial charge is 0.486 e. The molecular weight excluding hydrogens is 384 g/mol. The van der Waals surface area contributed by atoms with E-state index in [0.717, 1.165) is 22.5 Å². The van der Waals surface area contributed by atoms with Gasteiger partial charge in [-0.1, -0.05) is 11.8 Å². The first-order valence-corrected chi connectivity index (χ1v) is 10.9. The molecule has 1 N–H and O–H groups in total. The summed E-state index contributed by atoms with van der Waals surface area (Å²) in [5, 5.41) is 5.03. The van der Waals surface area contributed by atoms with Gasteiger partial charge in [0.2, 0.25) is 5.91 Å². The Kier molecular flexibility index (Phi) is 4.79. The molecule has 0 radical (unpaired) electrons. The number of pyridine rings is 1. The predicted molar refractivity (Wildman–Crippen MR) is 115 cm³/mol. The number of benzene rings is 2. The Morgan fingerprint density at radius 1 is 1.07 bits per heavy atom. The van der Waals surface area contributed by atoms with E-state index in [-0.39, 0.29) is 5.91 Å². The Bertz CT molecular complexity index is 1110. The fourth-order valence-corrected chi connectivity index (χ4v) is 4.72. The normalized spacial score (nSPS) is 14.7. The zero-order valence-corrected chi connectivity index (χ0v) is 17.1. The lowest BCUT2D eigenvalue weighted by atomic mass is 10.1. The molecule has 1 aliphatic heterocycles.